The van der Waals surface area contributed by atoms with Gasteiger partial charge in [0.15, 0.2) is 0 Å². The van der Waals surface area contributed by atoms with Crippen molar-refractivity contribution in [2.24, 2.45) is 0 Å². The lowest BCUT2D eigenvalue weighted by Crippen LogP contribution is -2.35. The monoisotopic (exact) mass is 281 g/mol. The average molecular weight is 281 g/mol. The number of non-ortho nitro benzene ring substituents is 1. The van der Waals surface area contributed by atoms with Gasteiger partial charge >= 0.3 is 0 Å². The van der Waals surface area contributed by atoms with E-state index in [0.717, 1.165) is 0 Å². The second-order valence-electron chi connectivity index (χ2n) is 4.51. The predicted molar refractivity (Wildman–Crippen MR) is 74.4 cm³/mol. The molecule has 0 radical (unpaired) electrons. The molecule has 1 aromatic carbocycles. The lowest BCUT2D eigenvalue weighted by Gasteiger charge is -2.08. The molecule has 1 aromatic rings. The Balaban J connectivity index is 2.32. The molecule has 7 nitrogen and oxygen atoms in total. The average Bonchev–Trinajstić information content (AvgIpc) is 2.38. The van der Waals surface area contributed by atoms with Gasteiger partial charge in [-0.15, -0.1) is 0 Å². The molecule has 0 saturated heterocycles. The van der Waals surface area contributed by atoms with Gasteiger partial charge in [-0.2, -0.15) is 0 Å². The minimum absolute atomic E-state index is 0.0195. The largest absolute Gasteiger partial charge is 0.392 e. The zero-order valence-corrected chi connectivity index (χ0v) is 11.3. The van der Waals surface area contributed by atoms with Gasteiger partial charge in [-0.05, 0) is 12.5 Å². The van der Waals surface area contributed by atoms with E-state index in [-0.39, 0.29) is 18.0 Å². The summed E-state index contributed by atoms with van der Waals surface area (Å²) in [7, 11) is 0. The normalized spacial score (nSPS) is 11.9. The Morgan fingerprint density at radius 3 is 2.85 bits per heavy atom. The molecular weight excluding hydrogens is 262 g/mol. The van der Waals surface area contributed by atoms with Crippen LogP contribution in [0.5, 0.6) is 0 Å². The third-order valence-electron chi connectivity index (χ3n) is 2.55. The maximum absolute atomic E-state index is 11.6. The highest BCUT2D eigenvalue weighted by atomic mass is 16.6. The minimum Gasteiger partial charge on any atom is -0.392 e. The molecule has 1 unspecified atom stereocenters. The van der Waals surface area contributed by atoms with E-state index < -0.39 is 11.0 Å². The van der Waals surface area contributed by atoms with Crippen LogP contribution in [0.1, 0.15) is 12.5 Å². The van der Waals surface area contributed by atoms with E-state index in [0.29, 0.717) is 25.2 Å². The molecule has 3 N–H and O–H groups in total. The molecule has 7 heteroatoms. The number of aliphatic hydroxyl groups is 1. The molecule has 110 valence electrons. The second kappa shape index (κ2) is 8.23. The molecule has 0 fully saturated rings. The SMILES string of the molecule is CC(O)CNCCNC(=O)Cc1cccc([N+](=O)[O-])c1. The van der Waals surface area contributed by atoms with E-state index in [4.69, 9.17) is 5.11 Å². The standard InChI is InChI=1S/C13H19N3O4/c1-10(17)9-14-5-6-15-13(18)8-11-3-2-4-12(7-11)16(19)20/h2-4,7,10,14,17H,5-6,8-9H2,1H3,(H,15,18). The summed E-state index contributed by atoms with van der Waals surface area (Å²) in [5.74, 6) is -0.190. The Morgan fingerprint density at radius 1 is 1.45 bits per heavy atom. The van der Waals surface area contributed by atoms with Crippen LogP contribution < -0.4 is 10.6 Å². The Hall–Kier alpha value is -1.99. The van der Waals surface area contributed by atoms with Crippen LogP contribution in [0.4, 0.5) is 5.69 Å². The quantitative estimate of drug-likeness (QED) is 0.359. The van der Waals surface area contributed by atoms with Crippen LogP contribution >= 0.6 is 0 Å². The van der Waals surface area contributed by atoms with Crippen molar-refractivity contribution < 1.29 is 14.8 Å². The first-order valence-electron chi connectivity index (χ1n) is 6.38. The Labute approximate surface area is 117 Å². The molecule has 20 heavy (non-hydrogen) atoms. The lowest BCUT2D eigenvalue weighted by atomic mass is 10.1. The summed E-state index contributed by atoms with van der Waals surface area (Å²) in [4.78, 5) is 21.8. The zero-order valence-electron chi connectivity index (χ0n) is 11.3. The summed E-state index contributed by atoms with van der Waals surface area (Å²) in [5, 5.41) is 25.3. The summed E-state index contributed by atoms with van der Waals surface area (Å²) in [5.41, 5.74) is 0.586. The number of carbonyl (C=O) groups is 1. The number of aliphatic hydroxyl groups excluding tert-OH is 1. The highest BCUT2D eigenvalue weighted by Gasteiger charge is 2.08. The highest BCUT2D eigenvalue weighted by molar-refractivity contribution is 5.78. The second-order valence-corrected chi connectivity index (χ2v) is 4.51. The van der Waals surface area contributed by atoms with Gasteiger partial charge in [-0.1, -0.05) is 12.1 Å². The van der Waals surface area contributed by atoms with Crippen molar-refractivity contribution >= 4 is 11.6 Å². The van der Waals surface area contributed by atoms with Crippen LogP contribution in [0.3, 0.4) is 0 Å². The number of hydrogen-bond donors (Lipinski definition) is 3. The van der Waals surface area contributed by atoms with Crippen molar-refractivity contribution in [3.8, 4) is 0 Å². The van der Waals surface area contributed by atoms with Crippen LogP contribution in [0.25, 0.3) is 0 Å². The molecule has 0 aromatic heterocycles. The summed E-state index contributed by atoms with van der Waals surface area (Å²) in [6.07, 6.45) is -0.312. The molecule has 0 spiro atoms. The number of amides is 1. The molecular formula is C13H19N3O4. The first-order valence-corrected chi connectivity index (χ1v) is 6.38. The van der Waals surface area contributed by atoms with E-state index in [9.17, 15) is 14.9 Å². The van der Waals surface area contributed by atoms with Crippen LogP contribution in [-0.4, -0.2) is 41.7 Å². The number of hydrogen-bond acceptors (Lipinski definition) is 5. The van der Waals surface area contributed by atoms with Crippen molar-refractivity contribution in [2.75, 3.05) is 19.6 Å². The van der Waals surface area contributed by atoms with Crippen molar-refractivity contribution in [3.63, 3.8) is 0 Å². The maximum Gasteiger partial charge on any atom is 0.269 e. The van der Waals surface area contributed by atoms with Gasteiger partial charge < -0.3 is 15.7 Å². The zero-order chi connectivity index (χ0) is 15.0. The number of nitrogens with one attached hydrogen (secondary N) is 2. The molecule has 0 aliphatic heterocycles. The molecule has 0 aliphatic carbocycles. The first kappa shape index (κ1) is 16.1. The number of nitro groups is 1. The third kappa shape index (κ3) is 6.26. The number of rotatable bonds is 8. The fourth-order valence-electron chi connectivity index (χ4n) is 1.63. The Kier molecular flexibility index (Phi) is 6.61. The van der Waals surface area contributed by atoms with Crippen LogP contribution in [-0.2, 0) is 11.2 Å². The van der Waals surface area contributed by atoms with E-state index in [1.807, 2.05) is 0 Å². The first-order chi connectivity index (χ1) is 9.49. The van der Waals surface area contributed by atoms with Crippen molar-refractivity contribution in [1.82, 2.24) is 10.6 Å². The maximum atomic E-state index is 11.6. The molecule has 0 heterocycles. The van der Waals surface area contributed by atoms with Crippen molar-refractivity contribution in [2.45, 2.75) is 19.4 Å². The molecule has 1 rings (SSSR count). The minimum atomic E-state index is -0.485. The predicted octanol–water partition coefficient (Wildman–Crippen LogP) is 0.224. The topological polar surface area (TPSA) is 104 Å². The fraction of sp³-hybridized carbons (Fsp3) is 0.462. The van der Waals surface area contributed by atoms with Crippen LogP contribution in [0, 0.1) is 10.1 Å². The van der Waals surface area contributed by atoms with Crippen LogP contribution in [0.15, 0.2) is 24.3 Å². The molecule has 0 bridgehead atoms. The van der Waals surface area contributed by atoms with E-state index >= 15 is 0 Å². The Morgan fingerprint density at radius 2 is 2.20 bits per heavy atom. The molecule has 1 atom stereocenters. The summed E-state index contributed by atoms with van der Waals surface area (Å²) < 4.78 is 0. The van der Waals surface area contributed by atoms with E-state index in [2.05, 4.69) is 10.6 Å². The van der Waals surface area contributed by atoms with Gasteiger partial charge in [0, 0.05) is 31.8 Å². The lowest BCUT2D eigenvalue weighted by molar-refractivity contribution is -0.384. The Bertz CT molecular complexity index is 463. The van der Waals surface area contributed by atoms with Crippen LogP contribution in [0.2, 0.25) is 0 Å². The van der Waals surface area contributed by atoms with E-state index in [1.54, 1.807) is 19.1 Å². The third-order valence-corrected chi connectivity index (χ3v) is 2.55. The van der Waals surface area contributed by atoms with Gasteiger partial charge in [0.2, 0.25) is 5.91 Å². The van der Waals surface area contributed by atoms with Crippen molar-refractivity contribution in [3.05, 3.63) is 39.9 Å². The summed E-state index contributed by atoms with van der Waals surface area (Å²) >= 11 is 0. The molecule has 0 saturated carbocycles. The van der Waals surface area contributed by atoms with Gasteiger partial charge in [-0.3, -0.25) is 14.9 Å². The number of nitro benzene ring substituents is 1. The van der Waals surface area contributed by atoms with Gasteiger partial charge in [-0.25, -0.2) is 0 Å². The summed E-state index contributed by atoms with van der Waals surface area (Å²) in [6, 6.07) is 6.02. The number of nitrogens with zero attached hydrogens (tertiary/aromatic N) is 1. The van der Waals surface area contributed by atoms with Gasteiger partial charge in [0.05, 0.1) is 17.4 Å². The fourth-order valence-corrected chi connectivity index (χ4v) is 1.63. The van der Waals surface area contributed by atoms with Crippen molar-refractivity contribution in [1.29, 1.82) is 0 Å². The molecule has 0 aliphatic rings. The molecule has 1 amide bonds. The van der Waals surface area contributed by atoms with Gasteiger partial charge in [0.1, 0.15) is 0 Å². The highest BCUT2D eigenvalue weighted by Crippen LogP contribution is 2.13. The van der Waals surface area contributed by atoms with E-state index in [1.165, 1.54) is 12.1 Å². The number of carbonyl (C=O) groups excluding carboxylic acids is 1. The number of benzene rings is 1. The van der Waals surface area contributed by atoms with Gasteiger partial charge in [0.25, 0.3) is 5.69 Å². The smallest absolute Gasteiger partial charge is 0.269 e. The summed E-state index contributed by atoms with van der Waals surface area (Å²) in [6.45, 7) is 3.15.